The highest BCUT2D eigenvalue weighted by atomic mass is 14.9. The summed E-state index contributed by atoms with van der Waals surface area (Å²) < 4.78 is 0. The first-order valence-electron chi connectivity index (χ1n) is 7.80. The Morgan fingerprint density at radius 2 is 1.95 bits per heavy atom. The van der Waals surface area contributed by atoms with Gasteiger partial charge in [-0.25, -0.2) is 0 Å². The minimum atomic E-state index is 0.595. The number of aromatic nitrogens is 1. The zero-order valence-corrected chi connectivity index (χ0v) is 12.5. The molecule has 106 valence electrons. The van der Waals surface area contributed by atoms with E-state index in [1.807, 2.05) is 6.20 Å². The van der Waals surface area contributed by atoms with Crippen molar-refractivity contribution in [3.05, 3.63) is 42.1 Å². The molecule has 2 atom stereocenters. The molecule has 0 saturated heterocycles. The molecule has 0 radical (unpaired) electrons. The lowest BCUT2D eigenvalue weighted by Crippen LogP contribution is -2.38. The van der Waals surface area contributed by atoms with E-state index in [1.165, 1.54) is 36.8 Å². The second kappa shape index (κ2) is 5.92. The van der Waals surface area contributed by atoms with Crippen LogP contribution in [-0.2, 0) is 6.42 Å². The van der Waals surface area contributed by atoms with E-state index in [1.54, 1.807) is 0 Å². The Hall–Kier alpha value is -1.41. The quantitative estimate of drug-likeness (QED) is 0.892. The van der Waals surface area contributed by atoms with Crippen molar-refractivity contribution in [1.29, 1.82) is 0 Å². The molecule has 0 amide bonds. The molecule has 1 N–H and O–H groups in total. The van der Waals surface area contributed by atoms with E-state index >= 15 is 0 Å². The Kier molecular flexibility index (Phi) is 4.02. The lowest BCUT2D eigenvalue weighted by Gasteiger charge is -2.37. The highest BCUT2D eigenvalue weighted by Gasteiger charge is 2.30. The summed E-state index contributed by atoms with van der Waals surface area (Å²) in [5.41, 5.74) is 2.59. The molecule has 0 bridgehead atoms. The second-order valence-electron chi connectivity index (χ2n) is 6.35. The van der Waals surface area contributed by atoms with E-state index in [0.717, 1.165) is 17.4 Å². The molecule has 1 aromatic carbocycles. The van der Waals surface area contributed by atoms with E-state index in [0.29, 0.717) is 6.04 Å². The van der Waals surface area contributed by atoms with Crippen molar-refractivity contribution in [1.82, 2.24) is 10.3 Å². The average Bonchev–Trinajstić information content (AvgIpc) is 2.43. The standard InChI is InChI=1S/C18H24N2/c1-13(2)20-12-16-8-7-14(16)11-15-9-10-19-18-6-4-3-5-17(15)18/h3-6,9-10,13-14,16,20H,7-8,11-12H2,1-2H3. The van der Waals surface area contributed by atoms with Gasteiger partial charge in [-0.1, -0.05) is 32.0 Å². The summed E-state index contributed by atoms with van der Waals surface area (Å²) in [5.74, 6) is 1.69. The lowest BCUT2D eigenvalue weighted by molar-refractivity contribution is 0.168. The maximum atomic E-state index is 4.46. The Bertz CT molecular complexity index is 571. The van der Waals surface area contributed by atoms with Gasteiger partial charge in [-0.3, -0.25) is 4.98 Å². The van der Waals surface area contributed by atoms with Crippen molar-refractivity contribution in [2.45, 2.75) is 39.2 Å². The maximum Gasteiger partial charge on any atom is 0.0704 e. The first kappa shape index (κ1) is 13.6. The van der Waals surface area contributed by atoms with Crippen LogP contribution in [0, 0.1) is 11.8 Å². The lowest BCUT2D eigenvalue weighted by atomic mass is 9.70. The third kappa shape index (κ3) is 2.85. The fourth-order valence-corrected chi connectivity index (χ4v) is 3.18. The summed E-state index contributed by atoms with van der Waals surface area (Å²) in [6.45, 7) is 5.62. The zero-order valence-electron chi connectivity index (χ0n) is 12.5. The largest absolute Gasteiger partial charge is 0.314 e. The van der Waals surface area contributed by atoms with Gasteiger partial charge in [0.25, 0.3) is 0 Å². The Morgan fingerprint density at radius 3 is 2.70 bits per heavy atom. The van der Waals surface area contributed by atoms with E-state index in [-0.39, 0.29) is 0 Å². The average molecular weight is 268 g/mol. The van der Waals surface area contributed by atoms with Gasteiger partial charge in [0.2, 0.25) is 0 Å². The molecule has 1 aliphatic rings. The molecule has 3 rings (SSSR count). The molecule has 1 aromatic heterocycles. The second-order valence-corrected chi connectivity index (χ2v) is 6.35. The predicted octanol–water partition coefficient (Wildman–Crippen LogP) is 3.80. The number of fused-ring (bicyclic) bond motifs is 1. The van der Waals surface area contributed by atoms with Gasteiger partial charge in [0.05, 0.1) is 5.52 Å². The number of hydrogen-bond acceptors (Lipinski definition) is 2. The van der Waals surface area contributed by atoms with Crippen molar-refractivity contribution in [3.8, 4) is 0 Å². The number of rotatable bonds is 5. The number of benzene rings is 1. The van der Waals surface area contributed by atoms with Crippen LogP contribution in [0.2, 0.25) is 0 Å². The van der Waals surface area contributed by atoms with Gasteiger partial charge in [0, 0.05) is 17.6 Å². The number of pyridine rings is 1. The van der Waals surface area contributed by atoms with Crippen LogP contribution in [0.5, 0.6) is 0 Å². The highest BCUT2D eigenvalue weighted by Crippen LogP contribution is 2.37. The normalized spacial score (nSPS) is 22.1. The first-order valence-corrected chi connectivity index (χ1v) is 7.80. The molecule has 2 unspecified atom stereocenters. The third-order valence-corrected chi connectivity index (χ3v) is 4.58. The van der Waals surface area contributed by atoms with E-state index in [2.05, 4.69) is 54.5 Å². The molecule has 2 aromatic rings. The summed E-state index contributed by atoms with van der Waals surface area (Å²) >= 11 is 0. The topological polar surface area (TPSA) is 24.9 Å². The summed E-state index contributed by atoms with van der Waals surface area (Å²) in [4.78, 5) is 4.46. The molecule has 1 heterocycles. The van der Waals surface area contributed by atoms with Gasteiger partial charge in [-0.15, -0.1) is 0 Å². The number of nitrogens with zero attached hydrogens (tertiary/aromatic N) is 1. The molecule has 2 nitrogen and oxygen atoms in total. The maximum absolute atomic E-state index is 4.46. The minimum Gasteiger partial charge on any atom is -0.314 e. The molecule has 0 spiro atoms. The van der Waals surface area contributed by atoms with Crippen LogP contribution in [0.3, 0.4) is 0 Å². The first-order chi connectivity index (χ1) is 9.74. The summed E-state index contributed by atoms with van der Waals surface area (Å²) in [6, 6.07) is 11.3. The number of nitrogens with one attached hydrogen (secondary N) is 1. The van der Waals surface area contributed by atoms with Crippen molar-refractivity contribution in [2.24, 2.45) is 11.8 Å². The number of para-hydroxylation sites is 1. The Balaban J connectivity index is 1.70. The fraction of sp³-hybridized carbons (Fsp3) is 0.500. The zero-order chi connectivity index (χ0) is 13.9. The van der Waals surface area contributed by atoms with E-state index in [9.17, 15) is 0 Å². The molecular weight excluding hydrogens is 244 g/mol. The van der Waals surface area contributed by atoms with E-state index in [4.69, 9.17) is 0 Å². The summed E-state index contributed by atoms with van der Waals surface area (Å²) in [5, 5.41) is 4.92. The van der Waals surface area contributed by atoms with Gasteiger partial charge in [0.1, 0.15) is 0 Å². The number of hydrogen-bond donors (Lipinski definition) is 1. The van der Waals surface area contributed by atoms with Gasteiger partial charge in [0.15, 0.2) is 0 Å². The molecular formula is C18H24N2. The summed E-state index contributed by atoms with van der Waals surface area (Å²) in [7, 11) is 0. The monoisotopic (exact) mass is 268 g/mol. The fourth-order valence-electron chi connectivity index (χ4n) is 3.18. The molecule has 0 aliphatic heterocycles. The minimum absolute atomic E-state index is 0.595. The molecule has 1 fully saturated rings. The van der Waals surface area contributed by atoms with Crippen molar-refractivity contribution in [2.75, 3.05) is 6.54 Å². The summed E-state index contributed by atoms with van der Waals surface area (Å²) in [6.07, 6.45) is 5.92. The van der Waals surface area contributed by atoms with Crippen LogP contribution < -0.4 is 5.32 Å². The molecule has 2 heteroatoms. The van der Waals surface area contributed by atoms with Gasteiger partial charge < -0.3 is 5.32 Å². The molecule has 1 saturated carbocycles. The Morgan fingerprint density at radius 1 is 1.15 bits per heavy atom. The molecule has 20 heavy (non-hydrogen) atoms. The van der Waals surface area contributed by atoms with Crippen LogP contribution in [0.15, 0.2) is 36.5 Å². The Labute approximate surface area is 121 Å². The van der Waals surface area contributed by atoms with Crippen molar-refractivity contribution < 1.29 is 0 Å². The van der Waals surface area contributed by atoms with Crippen molar-refractivity contribution >= 4 is 10.9 Å². The SMILES string of the molecule is CC(C)NCC1CCC1Cc1ccnc2ccccc12. The smallest absolute Gasteiger partial charge is 0.0704 e. The van der Waals surface area contributed by atoms with Crippen LogP contribution in [0.4, 0.5) is 0 Å². The molecule has 1 aliphatic carbocycles. The van der Waals surface area contributed by atoms with E-state index < -0.39 is 0 Å². The van der Waals surface area contributed by atoms with Crippen LogP contribution in [0.25, 0.3) is 10.9 Å². The van der Waals surface area contributed by atoms with Gasteiger partial charge in [-0.05, 0) is 55.3 Å². The van der Waals surface area contributed by atoms with Gasteiger partial charge >= 0.3 is 0 Å². The van der Waals surface area contributed by atoms with Crippen LogP contribution in [0.1, 0.15) is 32.3 Å². The van der Waals surface area contributed by atoms with Crippen LogP contribution in [-0.4, -0.2) is 17.6 Å². The van der Waals surface area contributed by atoms with Gasteiger partial charge in [-0.2, -0.15) is 0 Å². The third-order valence-electron chi connectivity index (χ3n) is 4.58. The van der Waals surface area contributed by atoms with Crippen molar-refractivity contribution in [3.63, 3.8) is 0 Å². The van der Waals surface area contributed by atoms with Crippen LogP contribution >= 0.6 is 0 Å². The highest BCUT2D eigenvalue weighted by molar-refractivity contribution is 5.81. The predicted molar refractivity (Wildman–Crippen MR) is 84.8 cm³/mol.